The van der Waals surface area contributed by atoms with Crippen LogP contribution in [0.1, 0.15) is 30.9 Å². The van der Waals surface area contributed by atoms with E-state index in [1.54, 1.807) is 12.4 Å². The molecule has 3 heterocycles. The number of hydrazone groups is 1. The van der Waals surface area contributed by atoms with Gasteiger partial charge in [0, 0.05) is 37.7 Å². The third-order valence-corrected chi connectivity index (χ3v) is 4.86. The van der Waals surface area contributed by atoms with Gasteiger partial charge >= 0.3 is 0 Å². The van der Waals surface area contributed by atoms with Gasteiger partial charge in [-0.05, 0) is 30.5 Å². The highest BCUT2D eigenvalue weighted by Gasteiger charge is 2.35. The van der Waals surface area contributed by atoms with Gasteiger partial charge in [0.2, 0.25) is 5.91 Å². The minimum Gasteiger partial charge on any atom is -0.432 e. The Morgan fingerprint density at radius 3 is 2.54 bits per heavy atom. The van der Waals surface area contributed by atoms with Crippen LogP contribution in [0.2, 0.25) is 0 Å². The summed E-state index contributed by atoms with van der Waals surface area (Å²) in [4.78, 5) is 19.0. The van der Waals surface area contributed by atoms with Crippen LogP contribution in [-0.2, 0) is 4.79 Å². The van der Waals surface area contributed by atoms with Gasteiger partial charge in [-0.3, -0.25) is 4.79 Å². The number of hydrogen-bond acceptors (Lipinski definition) is 5. The maximum atomic E-state index is 13.5. The second-order valence-electron chi connectivity index (χ2n) is 6.51. The Kier molecular flexibility index (Phi) is 4.40. The lowest BCUT2D eigenvalue weighted by Crippen LogP contribution is -2.41. The molecule has 0 bridgehead atoms. The summed E-state index contributed by atoms with van der Waals surface area (Å²) in [5.41, 5.74) is 0.422. The second-order valence-corrected chi connectivity index (χ2v) is 6.51. The van der Waals surface area contributed by atoms with Crippen molar-refractivity contribution >= 4 is 18.1 Å². The summed E-state index contributed by atoms with van der Waals surface area (Å²) in [5.74, 6) is -1.60. The van der Waals surface area contributed by atoms with Crippen molar-refractivity contribution in [2.24, 2.45) is 11.0 Å². The van der Waals surface area contributed by atoms with Crippen molar-refractivity contribution in [2.75, 3.05) is 18.0 Å². The lowest BCUT2D eigenvalue weighted by Gasteiger charge is -2.33. The molecular weight excluding hydrogens is 342 g/mol. The number of carbonyl (C=O) groups excluding carboxylic acids is 1. The van der Waals surface area contributed by atoms with Crippen LogP contribution < -0.4 is 4.90 Å². The largest absolute Gasteiger partial charge is 0.432 e. The third-order valence-electron chi connectivity index (χ3n) is 4.86. The first-order valence-electron chi connectivity index (χ1n) is 8.58. The monoisotopic (exact) mass is 360 g/mol. The second kappa shape index (κ2) is 6.86. The number of halogens is 2. The van der Waals surface area contributed by atoms with Crippen LogP contribution in [0.5, 0.6) is 0 Å². The van der Waals surface area contributed by atoms with E-state index in [-0.39, 0.29) is 11.8 Å². The van der Waals surface area contributed by atoms with E-state index in [1.807, 2.05) is 4.90 Å². The number of rotatable bonds is 3. The molecule has 1 fully saturated rings. The van der Waals surface area contributed by atoms with Crippen molar-refractivity contribution in [1.82, 2.24) is 9.99 Å². The molecule has 2 aromatic rings. The number of hydrogen-bond donors (Lipinski definition) is 0. The van der Waals surface area contributed by atoms with Crippen molar-refractivity contribution < 1.29 is 18.0 Å². The fourth-order valence-corrected chi connectivity index (χ4v) is 3.55. The van der Waals surface area contributed by atoms with Crippen molar-refractivity contribution in [2.45, 2.75) is 25.3 Å². The summed E-state index contributed by atoms with van der Waals surface area (Å²) in [6.07, 6.45) is 6.48. The summed E-state index contributed by atoms with van der Waals surface area (Å²) < 4.78 is 32.4. The van der Waals surface area contributed by atoms with Gasteiger partial charge in [-0.2, -0.15) is 5.10 Å². The van der Waals surface area contributed by atoms with Crippen LogP contribution >= 0.6 is 0 Å². The average Bonchev–Trinajstić information content (AvgIpc) is 3.32. The first-order valence-corrected chi connectivity index (χ1v) is 8.58. The topological polar surface area (TPSA) is 61.9 Å². The Bertz CT molecular complexity index is 796. The van der Waals surface area contributed by atoms with Crippen molar-refractivity contribution in [1.29, 1.82) is 0 Å². The molecule has 8 heteroatoms. The lowest BCUT2D eigenvalue weighted by molar-refractivity contribution is -0.138. The summed E-state index contributed by atoms with van der Waals surface area (Å²) in [6, 6.07) is 3.44. The zero-order valence-corrected chi connectivity index (χ0v) is 14.0. The number of benzene rings is 1. The Morgan fingerprint density at radius 1 is 1.15 bits per heavy atom. The van der Waals surface area contributed by atoms with Crippen molar-refractivity contribution in [3.63, 3.8) is 0 Å². The highest BCUT2D eigenvalue weighted by molar-refractivity contribution is 5.82. The van der Waals surface area contributed by atoms with Crippen LogP contribution in [0.4, 0.5) is 14.8 Å². The minimum atomic E-state index is -0.654. The number of aromatic nitrogens is 1. The number of oxazole rings is 1. The van der Waals surface area contributed by atoms with Gasteiger partial charge in [-0.15, -0.1) is 0 Å². The van der Waals surface area contributed by atoms with E-state index in [2.05, 4.69) is 10.1 Å². The highest BCUT2D eigenvalue weighted by atomic mass is 19.1. The molecule has 0 aliphatic carbocycles. The molecule has 0 radical (unpaired) electrons. The summed E-state index contributed by atoms with van der Waals surface area (Å²) in [7, 11) is 0. The maximum absolute atomic E-state index is 13.5. The predicted molar refractivity (Wildman–Crippen MR) is 90.5 cm³/mol. The predicted octanol–water partition coefficient (Wildman–Crippen LogP) is 3.13. The van der Waals surface area contributed by atoms with E-state index in [9.17, 15) is 13.6 Å². The van der Waals surface area contributed by atoms with E-state index in [0.717, 1.165) is 6.07 Å². The number of nitrogens with zero attached hydrogens (tertiary/aromatic N) is 4. The quantitative estimate of drug-likeness (QED) is 0.844. The normalized spacial score (nSPS) is 20.8. The molecule has 1 amide bonds. The molecule has 1 atom stereocenters. The first kappa shape index (κ1) is 16.7. The van der Waals surface area contributed by atoms with Gasteiger partial charge in [0.25, 0.3) is 6.01 Å². The fraction of sp³-hybridized carbons (Fsp3) is 0.389. The van der Waals surface area contributed by atoms with Gasteiger partial charge in [-0.1, -0.05) is 0 Å². The molecule has 0 spiro atoms. The van der Waals surface area contributed by atoms with Crippen LogP contribution in [0.3, 0.4) is 0 Å². The molecule has 1 aromatic carbocycles. The number of amides is 1. The summed E-state index contributed by atoms with van der Waals surface area (Å²) in [6.45, 7) is 1.32. The molecular formula is C18H18F2N4O2. The van der Waals surface area contributed by atoms with Gasteiger partial charge in [0.15, 0.2) is 0 Å². The highest BCUT2D eigenvalue weighted by Crippen LogP contribution is 2.33. The Labute approximate surface area is 149 Å². The zero-order valence-electron chi connectivity index (χ0n) is 14.0. The number of anilines is 1. The van der Waals surface area contributed by atoms with Gasteiger partial charge in [-0.25, -0.2) is 18.8 Å². The molecule has 0 N–H and O–H groups in total. The molecule has 136 valence electrons. The Hall–Kier alpha value is -2.77. The molecule has 1 saturated heterocycles. The van der Waals surface area contributed by atoms with E-state index in [1.165, 1.54) is 23.4 Å². The average molecular weight is 360 g/mol. The zero-order chi connectivity index (χ0) is 18.1. The third kappa shape index (κ3) is 3.18. The van der Waals surface area contributed by atoms with Gasteiger partial charge in [0.05, 0.1) is 12.2 Å². The Balaban J connectivity index is 1.45. The van der Waals surface area contributed by atoms with Crippen LogP contribution in [0.15, 0.2) is 40.2 Å². The smallest absolute Gasteiger partial charge is 0.297 e. The molecule has 0 saturated carbocycles. The van der Waals surface area contributed by atoms with Crippen molar-refractivity contribution in [3.05, 3.63) is 47.9 Å². The van der Waals surface area contributed by atoms with E-state index in [4.69, 9.17) is 4.42 Å². The number of piperidine rings is 1. The molecule has 4 rings (SSSR count). The van der Waals surface area contributed by atoms with Gasteiger partial charge < -0.3 is 9.32 Å². The van der Waals surface area contributed by atoms with Crippen LogP contribution in [0.25, 0.3) is 0 Å². The van der Waals surface area contributed by atoms with Crippen LogP contribution in [-0.4, -0.2) is 35.2 Å². The van der Waals surface area contributed by atoms with Crippen LogP contribution in [0, 0.1) is 17.6 Å². The van der Waals surface area contributed by atoms with Crippen molar-refractivity contribution in [3.8, 4) is 0 Å². The summed E-state index contributed by atoms with van der Waals surface area (Å²) in [5, 5.41) is 5.54. The molecule has 26 heavy (non-hydrogen) atoms. The standard InChI is InChI=1S/C18H18F2N4O2/c19-14-9-13(10-15(20)11-14)16-1-4-22-24(16)17(25)12-2-6-23(7-3-12)18-21-5-8-26-18/h4-5,8-12,16H,1-3,6-7H2/t16-/m0/s1. The molecule has 6 nitrogen and oxygen atoms in total. The SMILES string of the molecule is O=C(C1CCN(c2ncco2)CC1)N1N=CC[C@H]1c1cc(F)cc(F)c1. The summed E-state index contributed by atoms with van der Waals surface area (Å²) >= 11 is 0. The van der Waals surface area contributed by atoms with E-state index < -0.39 is 17.7 Å². The molecule has 1 aromatic heterocycles. The fourth-order valence-electron chi connectivity index (χ4n) is 3.55. The Morgan fingerprint density at radius 2 is 1.88 bits per heavy atom. The number of carbonyl (C=O) groups is 1. The maximum Gasteiger partial charge on any atom is 0.297 e. The minimum absolute atomic E-state index is 0.111. The van der Waals surface area contributed by atoms with Gasteiger partial charge in [0.1, 0.15) is 17.9 Å². The first-order chi connectivity index (χ1) is 12.6. The molecule has 0 unspecified atom stereocenters. The molecule has 2 aliphatic rings. The molecule has 2 aliphatic heterocycles. The van der Waals surface area contributed by atoms with E-state index >= 15 is 0 Å². The lowest BCUT2D eigenvalue weighted by atomic mass is 9.94. The van der Waals surface area contributed by atoms with E-state index in [0.29, 0.717) is 43.9 Å².